The van der Waals surface area contributed by atoms with E-state index in [-0.39, 0.29) is 12.3 Å². The van der Waals surface area contributed by atoms with Gasteiger partial charge in [-0.2, -0.15) is 0 Å². The molecule has 0 aromatic heterocycles. The fourth-order valence-corrected chi connectivity index (χ4v) is 14.6. The topological polar surface area (TPSA) is 519 Å². The highest BCUT2D eigenvalue weighted by Crippen LogP contribution is 2.41. The Labute approximate surface area is 649 Å². The van der Waals surface area contributed by atoms with Crippen LogP contribution in [0.1, 0.15) is 259 Å². The number of rotatable bonds is 59. The molecule has 32 heteroatoms. The molecule has 32 nitrogen and oxygen atoms in total. The monoisotopic (exact) mass is 1580 g/mol. The number of amides is 3. The molecule has 0 bridgehead atoms. The van der Waals surface area contributed by atoms with Crippen molar-refractivity contribution in [1.82, 2.24) is 16.0 Å². The lowest BCUT2D eigenvalue weighted by Crippen LogP contribution is -2.72. The molecule has 0 radical (unpaired) electrons. The third-order valence-corrected chi connectivity index (χ3v) is 21.1. The van der Waals surface area contributed by atoms with E-state index in [4.69, 9.17) is 37.9 Å². The highest BCUT2D eigenvalue weighted by Gasteiger charge is 2.62. The number of ether oxygens (including phenoxy) is 8. The minimum Gasteiger partial charge on any atom is -0.477 e. The second-order valence-electron chi connectivity index (χ2n) is 30.4. The maximum absolute atomic E-state index is 13.6. The van der Waals surface area contributed by atoms with Crippen molar-refractivity contribution in [3.05, 3.63) is 24.3 Å². The molecular formula is C78H139N3O29. The Morgan fingerprint density at radius 3 is 1.36 bits per heavy atom. The Balaban J connectivity index is 1.43. The van der Waals surface area contributed by atoms with Gasteiger partial charge in [-0.25, -0.2) is 9.59 Å². The van der Waals surface area contributed by atoms with Crippen LogP contribution in [0.25, 0.3) is 0 Å². The van der Waals surface area contributed by atoms with Gasteiger partial charge in [0.1, 0.15) is 85.5 Å². The smallest absolute Gasteiger partial charge is 0.364 e. The summed E-state index contributed by atoms with van der Waals surface area (Å²) in [4.78, 5) is 65.1. The van der Waals surface area contributed by atoms with Crippen LogP contribution in [0, 0.1) is 0 Å². The number of allylic oxidation sites excluding steroid dienone is 3. The maximum atomic E-state index is 13.6. The first-order valence-electron chi connectivity index (χ1n) is 40.9. The molecule has 4 aliphatic rings. The molecule has 0 spiro atoms. The predicted octanol–water partition coefficient (Wildman–Crippen LogP) is 3.24. The molecule has 640 valence electrons. The van der Waals surface area contributed by atoms with Crippen molar-refractivity contribution in [3.63, 3.8) is 0 Å². The van der Waals surface area contributed by atoms with E-state index in [9.17, 15) is 106 Å². The Bertz CT molecular complexity index is 2600. The van der Waals surface area contributed by atoms with E-state index in [1.165, 1.54) is 148 Å². The summed E-state index contributed by atoms with van der Waals surface area (Å²) in [7, 11) is 0. The first kappa shape index (κ1) is 98.3. The summed E-state index contributed by atoms with van der Waals surface area (Å²) >= 11 is 0. The lowest BCUT2D eigenvalue weighted by Gasteiger charge is -2.51. The van der Waals surface area contributed by atoms with E-state index in [0.29, 0.717) is 12.8 Å². The van der Waals surface area contributed by atoms with Crippen LogP contribution in [0.2, 0.25) is 0 Å². The van der Waals surface area contributed by atoms with Crippen molar-refractivity contribution in [1.29, 1.82) is 0 Å². The van der Waals surface area contributed by atoms with Crippen molar-refractivity contribution >= 4 is 29.7 Å². The van der Waals surface area contributed by atoms with Crippen molar-refractivity contribution in [2.45, 2.75) is 405 Å². The first-order valence-corrected chi connectivity index (χ1v) is 40.9. The summed E-state index contributed by atoms with van der Waals surface area (Å²) in [6.07, 6.45) is 3.88. The van der Waals surface area contributed by atoms with E-state index < -0.39 is 216 Å². The number of hydrogen-bond donors (Lipinski definition) is 19. The van der Waals surface area contributed by atoms with Crippen molar-refractivity contribution in [2.75, 3.05) is 33.0 Å². The van der Waals surface area contributed by atoms with E-state index in [1.807, 2.05) is 6.08 Å². The zero-order chi connectivity index (χ0) is 81.2. The van der Waals surface area contributed by atoms with Crippen LogP contribution >= 0.6 is 0 Å². The van der Waals surface area contributed by atoms with Gasteiger partial charge < -0.3 is 136 Å². The van der Waals surface area contributed by atoms with Crippen LogP contribution in [-0.2, 0) is 61.9 Å². The third-order valence-electron chi connectivity index (χ3n) is 21.1. The summed E-state index contributed by atoms with van der Waals surface area (Å²) < 4.78 is 46.6. The van der Waals surface area contributed by atoms with Gasteiger partial charge >= 0.3 is 11.9 Å². The van der Waals surface area contributed by atoms with Gasteiger partial charge in [-0.3, -0.25) is 14.4 Å². The molecule has 4 heterocycles. The van der Waals surface area contributed by atoms with Crippen LogP contribution in [0.5, 0.6) is 0 Å². The first-order chi connectivity index (χ1) is 52.7. The molecule has 4 aliphatic heterocycles. The number of unbranched alkanes of at least 4 members (excludes halogenated alkanes) is 30. The molecule has 4 saturated heterocycles. The van der Waals surface area contributed by atoms with Gasteiger partial charge in [0.05, 0.1) is 69.5 Å². The molecular weight excluding hydrogens is 1440 g/mol. The number of nitrogens with one attached hydrogen (secondary N) is 3. The normalized spacial score (nSPS) is 30.4. The molecule has 19 N–H and O–H groups in total. The zero-order valence-corrected chi connectivity index (χ0v) is 65.5. The summed E-state index contributed by atoms with van der Waals surface area (Å²) in [5.41, 5.74) is 0. The highest BCUT2D eigenvalue weighted by molar-refractivity contribution is 5.78. The molecule has 0 aromatic carbocycles. The molecule has 8 unspecified atom stereocenters. The Kier molecular flexibility index (Phi) is 48.2. The second kappa shape index (κ2) is 54.0. The van der Waals surface area contributed by atoms with Crippen LogP contribution in [0.3, 0.4) is 0 Å². The Hall–Kier alpha value is -4.05. The van der Waals surface area contributed by atoms with Crippen molar-refractivity contribution in [2.24, 2.45) is 0 Å². The molecule has 110 heavy (non-hydrogen) atoms. The van der Waals surface area contributed by atoms with E-state index in [1.54, 1.807) is 6.08 Å². The third kappa shape index (κ3) is 32.9. The fourth-order valence-electron chi connectivity index (χ4n) is 14.6. The summed E-state index contributed by atoms with van der Waals surface area (Å²) in [5, 5.41) is 185. The summed E-state index contributed by atoms with van der Waals surface area (Å²) in [6.45, 7) is 1.13. The predicted molar refractivity (Wildman–Crippen MR) is 400 cm³/mol. The van der Waals surface area contributed by atoms with Crippen LogP contribution < -0.4 is 16.0 Å². The fraction of sp³-hybridized carbons (Fsp3) is 0.885. The Morgan fingerprint density at radius 1 is 0.491 bits per heavy atom. The van der Waals surface area contributed by atoms with Crippen molar-refractivity contribution < 1.29 is 144 Å². The van der Waals surface area contributed by atoms with Gasteiger partial charge in [-0.15, -0.1) is 0 Å². The number of aliphatic hydroxyl groups excluding tert-OH is 14. The zero-order valence-electron chi connectivity index (χ0n) is 65.5. The SMILES string of the molecule is CCCCCCCC/C=C\CCCCCCCCCCCCCCCC(=O)N[C@@H](CO[C@@H]1OC(CO)[C@@H](O[C@@H]2OC(CO)[C@H](O)[C@H](O[C@]3(C(=O)O)CC(O)[C@@H](NC(C)=O)C([C@H](O)[C@@H](CO)O[C@]4(C(=O)O)CC(O)[C@@H](NC(C)=O)C([C@H](O)[C@H](O)CO)O4)O3)C2O)[C@H](O)C1O)[C@H](O)/C=C/CCCCCCCCCCCCC. The van der Waals surface area contributed by atoms with Gasteiger partial charge in [0.2, 0.25) is 17.7 Å². The summed E-state index contributed by atoms with van der Waals surface area (Å²) in [6, 6.07) is -4.73. The minimum absolute atomic E-state index is 0.152. The van der Waals surface area contributed by atoms with Crippen LogP contribution in [0.15, 0.2) is 24.3 Å². The molecule has 4 fully saturated rings. The molecule has 0 aromatic rings. The second-order valence-corrected chi connectivity index (χ2v) is 30.4. The largest absolute Gasteiger partial charge is 0.477 e. The van der Waals surface area contributed by atoms with E-state index in [2.05, 4.69) is 41.9 Å². The lowest BCUT2D eigenvalue weighted by molar-refractivity contribution is -0.388. The van der Waals surface area contributed by atoms with Gasteiger partial charge in [-0.05, 0) is 44.9 Å². The average molecular weight is 1580 g/mol. The number of carboxylic acids is 2. The van der Waals surface area contributed by atoms with Gasteiger partial charge in [0.25, 0.3) is 11.6 Å². The molecule has 24 atom stereocenters. The van der Waals surface area contributed by atoms with Crippen LogP contribution in [0.4, 0.5) is 0 Å². The molecule has 0 aliphatic carbocycles. The van der Waals surface area contributed by atoms with Crippen molar-refractivity contribution in [3.8, 4) is 0 Å². The molecule has 0 saturated carbocycles. The standard InChI is InChI=1S/C78H139N3O29/c1-5-7-9-11-13-15-17-19-20-21-22-23-24-25-26-27-28-30-32-34-36-38-40-42-60(92)81-52(53(88)41-39-37-35-33-31-29-18-16-14-12-10-8-6-2)49-103-73-67(97)66(96)69(59(48-85)105-73)106-74-68(98)72(64(94)57(46-83)104-74)110-78(76(101)102)44-55(90)62(80-51(4)87)71(109-78)65(95)58(47-84)107-77(75(99)100)43-54(89)61(79-50(3)86)70(108-77)63(93)56(91)45-82/h19-20,39,41,52-59,61-74,82-85,88-91,93-98H,5-18,21-38,40,42-49H2,1-4H3,(H,79,86)(H,80,87)(H,81,92)(H,99,100)(H,101,102)/b20-19-,41-39+/t52-,53+,54?,55?,56+,57?,58+,59?,61+,62+,63+,64-,65+,66+,67?,68?,69+,70?,71?,72-,73+,74-,77+,78-/m0/s1. The average Bonchev–Trinajstić information content (AvgIpc) is 0.752. The van der Waals surface area contributed by atoms with Gasteiger partial charge in [-0.1, -0.05) is 205 Å². The molecule has 3 amide bonds. The van der Waals surface area contributed by atoms with E-state index >= 15 is 0 Å². The number of carbonyl (C=O) groups is 5. The quantitative estimate of drug-likeness (QED) is 0.0307. The number of hydrogen-bond acceptors (Lipinski definition) is 27. The number of aliphatic carboxylic acids is 2. The van der Waals surface area contributed by atoms with Gasteiger partial charge in [0, 0.05) is 33.1 Å². The number of aliphatic hydroxyl groups is 14. The highest BCUT2D eigenvalue weighted by atomic mass is 16.8. The number of carbonyl (C=O) groups excluding carboxylic acids is 3. The lowest BCUT2D eigenvalue weighted by atomic mass is 9.87. The van der Waals surface area contributed by atoms with Gasteiger partial charge in [0.15, 0.2) is 12.6 Å². The maximum Gasteiger partial charge on any atom is 0.364 e. The summed E-state index contributed by atoms with van der Waals surface area (Å²) in [5.74, 6) is -13.1. The van der Waals surface area contributed by atoms with E-state index in [0.717, 1.165) is 65.2 Å². The minimum atomic E-state index is -3.39. The molecule has 4 rings (SSSR count). The Morgan fingerprint density at radius 2 is 0.918 bits per heavy atom. The number of carboxylic acid groups (broad SMARTS) is 2. The van der Waals surface area contributed by atoms with Crippen LogP contribution in [-0.4, -0.2) is 290 Å².